The van der Waals surface area contributed by atoms with Crippen molar-refractivity contribution in [3.63, 3.8) is 0 Å². The Bertz CT molecular complexity index is 669. The molecule has 2 aromatic carbocycles. The largest absolute Gasteiger partial charge is 0.396 e. The van der Waals surface area contributed by atoms with Gasteiger partial charge < -0.3 is 10.4 Å². The number of rotatable bonds is 9. The molecular weight excluding hydrogens is 374 g/mol. The summed E-state index contributed by atoms with van der Waals surface area (Å²) < 4.78 is 1.18. The zero-order chi connectivity index (χ0) is 18.3. The molecule has 0 saturated heterocycles. The number of aryl methyl sites for hydroxylation is 1. The number of nitrogens with one attached hydrogen (secondary N) is 1. The lowest BCUT2D eigenvalue weighted by atomic mass is 9.85. The molecule has 1 atom stereocenters. The summed E-state index contributed by atoms with van der Waals surface area (Å²) in [6.07, 6.45) is 1.93. The van der Waals surface area contributed by atoms with Gasteiger partial charge in [0.15, 0.2) is 0 Å². The summed E-state index contributed by atoms with van der Waals surface area (Å²) in [5.41, 5.74) is 4.13. The molecule has 0 fully saturated rings. The summed E-state index contributed by atoms with van der Waals surface area (Å²) in [4.78, 5) is 0. The second-order valence-electron chi connectivity index (χ2n) is 7.74. The molecule has 0 amide bonds. The minimum Gasteiger partial charge on any atom is -0.396 e. The first-order chi connectivity index (χ1) is 11.9. The molecule has 2 N–H and O–H groups in total. The van der Waals surface area contributed by atoms with Crippen molar-refractivity contribution in [3.8, 4) is 0 Å². The Kier molecular flexibility index (Phi) is 7.67. The van der Waals surface area contributed by atoms with Crippen LogP contribution < -0.4 is 5.32 Å². The van der Waals surface area contributed by atoms with E-state index in [0.29, 0.717) is 0 Å². The van der Waals surface area contributed by atoms with Gasteiger partial charge >= 0.3 is 0 Å². The fraction of sp³-hybridized carbons (Fsp3) is 0.455. The average Bonchev–Trinajstić information content (AvgIpc) is 2.57. The molecule has 136 valence electrons. The monoisotopic (exact) mass is 403 g/mol. The van der Waals surface area contributed by atoms with Gasteiger partial charge in [0, 0.05) is 24.2 Å². The van der Waals surface area contributed by atoms with E-state index in [4.69, 9.17) is 0 Å². The maximum absolute atomic E-state index is 9.73. The molecule has 2 rings (SSSR count). The third kappa shape index (κ3) is 6.58. The van der Waals surface area contributed by atoms with Crippen LogP contribution in [0.2, 0.25) is 0 Å². The fourth-order valence-corrected chi connectivity index (χ4v) is 3.61. The van der Waals surface area contributed by atoms with Gasteiger partial charge in [-0.3, -0.25) is 0 Å². The summed E-state index contributed by atoms with van der Waals surface area (Å²) in [5, 5.41) is 13.3. The van der Waals surface area contributed by atoms with Crippen molar-refractivity contribution in [1.82, 2.24) is 5.32 Å². The fourth-order valence-electron chi connectivity index (χ4n) is 3.19. The third-order valence-electron chi connectivity index (χ3n) is 4.69. The smallest absolute Gasteiger partial charge is 0.0474 e. The van der Waals surface area contributed by atoms with Gasteiger partial charge in [0.1, 0.15) is 0 Å². The minimum atomic E-state index is 0.159. The van der Waals surface area contributed by atoms with Crippen LogP contribution in [0.3, 0.4) is 0 Å². The molecule has 0 aliphatic carbocycles. The third-order valence-corrected chi connectivity index (χ3v) is 5.47. The average molecular weight is 404 g/mol. The highest BCUT2D eigenvalue weighted by Gasteiger charge is 2.20. The lowest BCUT2D eigenvalue weighted by Gasteiger charge is -2.27. The van der Waals surface area contributed by atoms with E-state index >= 15 is 0 Å². The van der Waals surface area contributed by atoms with Gasteiger partial charge in [-0.2, -0.15) is 0 Å². The number of benzene rings is 2. The van der Waals surface area contributed by atoms with Crippen molar-refractivity contribution in [2.24, 2.45) is 11.3 Å². The Balaban J connectivity index is 1.85. The second-order valence-corrected chi connectivity index (χ2v) is 8.60. The van der Waals surface area contributed by atoms with Crippen LogP contribution in [-0.4, -0.2) is 24.8 Å². The van der Waals surface area contributed by atoms with Crippen LogP contribution >= 0.6 is 15.9 Å². The zero-order valence-electron chi connectivity index (χ0n) is 15.6. The van der Waals surface area contributed by atoms with E-state index in [9.17, 15) is 5.11 Å². The lowest BCUT2D eigenvalue weighted by Crippen LogP contribution is -2.35. The molecule has 0 radical (unpaired) electrons. The Labute approximate surface area is 160 Å². The van der Waals surface area contributed by atoms with E-state index in [1.165, 1.54) is 21.2 Å². The topological polar surface area (TPSA) is 32.3 Å². The molecule has 1 unspecified atom stereocenters. The SMILES string of the molecule is Cc1ccccc1CC(CO)CNCC(C)(C)Cc1ccccc1Br. The Morgan fingerprint density at radius 1 is 1.04 bits per heavy atom. The summed E-state index contributed by atoms with van der Waals surface area (Å²) in [5.74, 6) is 0.250. The molecule has 0 aliphatic heterocycles. The standard InChI is InChI=1S/C22H30BrNO/c1-17-8-4-5-9-19(17)12-18(15-25)14-24-16-22(2,3)13-20-10-6-7-11-21(20)23/h4-11,18,24-25H,12-16H2,1-3H3. The molecular formula is C22H30BrNO. The molecule has 0 aliphatic rings. The summed E-state index contributed by atoms with van der Waals surface area (Å²) in [6.45, 7) is 8.69. The van der Waals surface area contributed by atoms with Crippen molar-refractivity contribution in [2.45, 2.75) is 33.6 Å². The van der Waals surface area contributed by atoms with Gasteiger partial charge in [0.05, 0.1) is 0 Å². The van der Waals surface area contributed by atoms with Crippen LogP contribution in [0.5, 0.6) is 0 Å². The summed E-state index contributed by atoms with van der Waals surface area (Å²) in [6, 6.07) is 16.9. The highest BCUT2D eigenvalue weighted by Crippen LogP contribution is 2.26. The van der Waals surface area contributed by atoms with Crippen molar-refractivity contribution < 1.29 is 5.11 Å². The van der Waals surface area contributed by atoms with Gasteiger partial charge in [-0.1, -0.05) is 72.2 Å². The van der Waals surface area contributed by atoms with Gasteiger partial charge in [0.25, 0.3) is 0 Å². The maximum atomic E-state index is 9.73. The number of hydrogen-bond donors (Lipinski definition) is 2. The van der Waals surface area contributed by atoms with E-state index in [2.05, 4.69) is 90.5 Å². The predicted octanol–water partition coefficient (Wildman–Crippen LogP) is 4.77. The Morgan fingerprint density at radius 2 is 1.68 bits per heavy atom. The number of halogens is 1. The highest BCUT2D eigenvalue weighted by molar-refractivity contribution is 9.10. The van der Waals surface area contributed by atoms with E-state index in [0.717, 1.165) is 25.9 Å². The molecule has 3 heteroatoms. The Morgan fingerprint density at radius 3 is 2.32 bits per heavy atom. The molecule has 0 aromatic heterocycles. The first kappa shape index (κ1) is 20.2. The molecule has 0 bridgehead atoms. The molecule has 2 nitrogen and oxygen atoms in total. The maximum Gasteiger partial charge on any atom is 0.0474 e. The van der Waals surface area contributed by atoms with E-state index in [-0.39, 0.29) is 17.9 Å². The van der Waals surface area contributed by atoms with Crippen LogP contribution in [0, 0.1) is 18.3 Å². The highest BCUT2D eigenvalue weighted by atomic mass is 79.9. The predicted molar refractivity (Wildman–Crippen MR) is 110 cm³/mol. The van der Waals surface area contributed by atoms with Gasteiger partial charge in [-0.15, -0.1) is 0 Å². The number of aliphatic hydroxyl groups excluding tert-OH is 1. The van der Waals surface area contributed by atoms with Gasteiger partial charge in [-0.25, -0.2) is 0 Å². The number of aliphatic hydroxyl groups is 1. The van der Waals surface area contributed by atoms with Crippen LogP contribution in [0.1, 0.15) is 30.5 Å². The van der Waals surface area contributed by atoms with Crippen LogP contribution in [0.15, 0.2) is 53.0 Å². The molecule has 0 spiro atoms. The van der Waals surface area contributed by atoms with Gasteiger partial charge in [-0.05, 0) is 53.9 Å². The normalized spacial score (nSPS) is 13.0. The summed E-state index contributed by atoms with van der Waals surface area (Å²) >= 11 is 3.64. The van der Waals surface area contributed by atoms with E-state index < -0.39 is 0 Å². The molecule has 0 saturated carbocycles. The molecule has 2 aromatic rings. The van der Waals surface area contributed by atoms with Crippen LogP contribution in [0.25, 0.3) is 0 Å². The Hall–Kier alpha value is -1.16. The minimum absolute atomic E-state index is 0.159. The van der Waals surface area contributed by atoms with Crippen molar-refractivity contribution in [1.29, 1.82) is 0 Å². The second kappa shape index (κ2) is 9.51. The van der Waals surface area contributed by atoms with Crippen molar-refractivity contribution in [2.75, 3.05) is 19.7 Å². The first-order valence-electron chi connectivity index (χ1n) is 9.01. The zero-order valence-corrected chi connectivity index (χ0v) is 17.1. The summed E-state index contributed by atoms with van der Waals surface area (Å²) in [7, 11) is 0. The van der Waals surface area contributed by atoms with Crippen molar-refractivity contribution in [3.05, 3.63) is 69.7 Å². The molecule has 25 heavy (non-hydrogen) atoms. The van der Waals surface area contributed by atoms with E-state index in [1.807, 2.05) is 0 Å². The van der Waals surface area contributed by atoms with Crippen LogP contribution in [0.4, 0.5) is 0 Å². The lowest BCUT2D eigenvalue weighted by molar-refractivity contribution is 0.215. The van der Waals surface area contributed by atoms with Crippen LogP contribution in [-0.2, 0) is 12.8 Å². The van der Waals surface area contributed by atoms with Crippen molar-refractivity contribution >= 4 is 15.9 Å². The number of hydrogen-bond acceptors (Lipinski definition) is 2. The quantitative estimate of drug-likeness (QED) is 0.631. The molecule has 0 heterocycles. The first-order valence-corrected chi connectivity index (χ1v) is 9.80. The van der Waals surface area contributed by atoms with Gasteiger partial charge in [0.2, 0.25) is 0 Å². The van der Waals surface area contributed by atoms with E-state index in [1.54, 1.807) is 0 Å².